The highest BCUT2D eigenvalue weighted by Gasteiger charge is 2.12. The first-order chi connectivity index (χ1) is 11.8. The summed E-state index contributed by atoms with van der Waals surface area (Å²) in [4.78, 5) is 25.9. The summed E-state index contributed by atoms with van der Waals surface area (Å²) in [6.07, 6.45) is 1.73. The van der Waals surface area contributed by atoms with Gasteiger partial charge in [-0.05, 0) is 12.1 Å². The molecule has 0 fully saturated rings. The van der Waals surface area contributed by atoms with Gasteiger partial charge in [-0.15, -0.1) is 0 Å². The second kappa shape index (κ2) is 6.01. The quantitative estimate of drug-likeness (QED) is 0.538. The molecule has 4 heteroatoms. The number of nitrogens with zero attached hydrogens (tertiary/aromatic N) is 3. The van der Waals surface area contributed by atoms with E-state index in [1.807, 2.05) is 54.6 Å². The predicted octanol–water partition coefficient (Wildman–Crippen LogP) is 3.92. The lowest BCUT2D eigenvalue weighted by molar-refractivity contribution is 0.103. The molecule has 0 N–H and O–H groups in total. The Labute approximate surface area is 138 Å². The monoisotopic (exact) mass is 311 g/mol. The number of pyridine rings is 1. The molecule has 0 aliphatic rings. The maximum absolute atomic E-state index is 12.5. The standard InChI is InChI=1S/C20H13N3O/c24-18(14-7-3-1-4-8-14)17-12-11-16-13-21-19(23-20(16)22-17)15-9-5-2-6-10-15/h1-13H. The van der Waals surface area contributed by atoms with E-state index in [2.05, 4.69) is 15.0 Å². The van der Waals surface area contributed by atoms with E-state index in [0.29, 0.717) is 22.7 Å². The maximum atomic E-state index is 12.5. The highest BCUT2D eigenvalue weighted by molar-refractivity contribution is 6.08. The van der Waals surface area contributed by atoms with Crippen molar-refractivity contribution in [3.63, 3.8) is 0 Å². The van der Waals surface area contributed by atoms with Crippen LogP contribution in [0, 0.1) is 0 Å². The van der Waals surface area contributed by atoms with Crippen LogP contribution in [0.25, 0.3) is 22.4 Å². The fourth-order valence-corrected chi connectivity index (χ4v) is 2.50. The summed E-state index contributed by atoms with van der Waals surface area (Å²) in [5.41, 5.74) is 2.43. The van der Waals surface area contributed by atoms with Gasteiger partial charge in [0.15, 0.2) is 11.5 Å². The van der Waals surface area contributed by atoms with Crippen LogP contribution in [0.1, 0.15) is 16.1 Å². The predicted molar refractivity (Wildman–Crippen MR) is 92.6 cm³/mol. The summed E-state index contributed by atoms with van der Waals surface area (Å²) in [5, 5.41) is 0.805. The molecule has 4 aromatic rings. The zero-order valence-electron chi connectivity index (χ0n) is 12.8. The van der Waals surface area contributed by atoms with Crippen molar-refractivity contribution in [1.29, 1.82) is 0 Å². The molecule has 2 aromatic carbocycles. The number of benzene rings is 2. The summed E-state index contributed by atoms with van der Waals surface area (Å²) < 4.78 is 0. The molecule has 0 saturated carbocycles. The van der Waals surface area contributed by atoms with Crippen LogP contribution in [0.4, 0.5) is 0 Å². The Bertz CT molecular complexity index is 1010. The number of ketones is 1. The fourth-order valence-electron chi connectivity index (χ4n) is 2.50. The number of hydrogen-bond donors (Lipinski definition) is 0. The Balaban J connectivity index is 1.78. The molecule has 24 heavy (non-hydrogen) atoms. The Morgan fingerprint density at radius 3 is 2.21 bits per heavy atom. The van der Waals surface area contributed by atoms with Crippen LogP contribution < -0.4 is 0 Å². The molecule has 0 atom stereocenters. The molecule has 2 heterocycles. The van der Waals surface area contributed by atoms with E-state index in [1.165, 1.54) is 0 Å². The fraction of sp³-hybridized carbons (Fsp3) is 0. The van der Waals surface area contributed by atoms with Gasteiger partial charge in [0, 0.05) is 22.7 Å². The summed E-state index contributed by atoms with van der Waals surface area (Å²) in [6.45, 7) is 0. The lowest BCUT2D eigenvalue weighted by Gasteiger charge is -2.04. The third-order valence-electron chi connectivity index (χ3n) is 3.74. The number of fused-ring (bicyclic) bond motifs is 1. The Morgan fingerprint density at radius 1 is 0.750 bits per heavy atom. The van der Waals surface area contributed by atoms with Gasteiger partial charge in [-0.1, -0.05) is 60.7 Å². The minimum absolute atomic E-state index is 0.114. The lowest BCUT2D eigenvalue weighted by atomic mass is 10.1. The van der Waals surface area contributed by atoms with E-state index >= 15 is 0 Å². The molecule has 0 bridgehead atoms. The van der Waals surface area contributed by atoms with Gasteiger partial charge in [-0.3, -0.25) is 4.79 Å². The number of aromatic nitrogens is 3. The molecule has 0 aliphatic heterocycles. The second-order valence-electron chi connectivity index (χ2n) is 5.36. The minimum atomic E-state index is -0.114. The summed E-state index contributed by atoms with van der Waals surface area (Å²) in [7, 11) is 0. The van der Waals surface area contributed by atoms with Crippen LogP contribution >= 0.6 is 0 Å². The average Bonchev–Trinajstić information content (AvgIpc) is 2.68. The third-order valence-corrected chi connectivity index (χ3v) is 3.74. The van der Waals surface area contributed by atoms with Crippen LogP contribution in [0.3, 0.4) is 0 Å². The first kappa shape index (κ1) is 14.2. The topological polar surface area (TPSA) is 55.7 Å². The smallest absolute Gasteiger partial charge is 0.211 e. The zero-order valence-corrected chi connectivity index (χ0v) is 12.8. The van der Waals surface area contributed by atoms with E-state index < -0.39 is 0 Å². The molecule has 114 valence electrons. The van der Waals surface area contributed by atoms with Gasteiger partial charge in [-0.25, -0.2) is 15.0 Å². The van der Waals surface area contributed by atoms with Crippen LogP contribution in [-0.4, -0.2) is 20.7 Å². The summed E-state index contributed by atoms with van der Waals surface area (Å²) in [5.74, 6) is 0.484. The molecule has 0 saturated heterocycles. The second-order valence-corrected chi connectivity index (χ2v) is 5.36. The first-order valence-corrected chi connectivity index (χ1v) is 7.60. The average molecular weight is 311 g/mol. The van der Waals surface area contributed by atoms with Gasteiger partial charge in [0.25, 0.3) is 0 Å². The van der Waals surface area contributed by atoms with Crippen molar-refractivity contribution in [3.8, 4) is 11.4 Å². The molecule has 0 amide bonds. The van der Waals surface area contributed by atoms with E-state index in [-0.39, 0.29) is 5.78 Å². The van der Waals surface area contributed by atoms with Crippen molar-refractivity contribution in [1.82, 2.24) is 15.0 Å². The first-order valence-electron chi connectivity index (χ1n) is 7.60. The maximum Gasteiger partial charge on any atom is 0.211 e. The van der Waals surface area contributed by atoms with Crippen LogP contribution in [0.15, 0.2) is 79.0 Å². The number of hydrogen-bond acceptors (Lipinski definition) is 4. The molecule has 0 radical (unpaired) electrons. The van der Waals surface area contributed by atoms with Gasteiger partial charge >= 0.3 is 0 Å². The summed E-state index contributed by atoms with van der Waals surface area (Å²) >= 11 is 0. The molecule has 4 nitrogen and oxygen atoms in total. The van der Waals surface area contributed by atoms with E-state index in [1.54, 1.807) is 24.4 Å². The largest absolute Gasteiger partial charge is 0.287 e. The number of rotatable bonds is 3. The van der Waals surface area contributed by atoms with Crippen LogP contribution in [-0.2, 0) is 0 Å². The molecule has 0 spiro atoms. The van der Waals surface area contributed by atoms with E-state index in [4.69, 9.17) is 0 Å². The molecule has 2 aromatic heterocycles. The highest BCUT2D eigenvalue weighted by atomic mass is 16.1. The molecule has 0 unspecified atom stereocenters. The van der Waals surface area contributed by atoms with Crippen molar-refractivity contribution in [2.45, 2.75) is 0 Å². The molecular weight excluding hydrogens is 298 g/mol. The van der Waals surface area contributed by atoms with Crippen molar-refractivity contribution in [2.75, 3.05) is 0 Å². The van der Waals surface area contributed by atoms with E-state index in [9.17, 15) is 4.79 Å². The highest BCUT2D eigenvalue weighted by Crippen LogP contribution is 2.18. The SMILES string of the molecule is O=C(c1ccccc1)c1ccc2cnc(-c3ccccc3)nc2n1. The van der Waals surface area contributed by atoms with Gasteiger partial charge in [0.05, 0.1) is 0 Å². The summed E-state index contributed by atoms with van der Waals surface area (Å²) in [6, 6.07) is 22.4. The number of carbonyl (C=O) groups is 1. The number of carbonyl (C=O) groups excluding carboxylic acids is 1. The van der Waals surface area contributed by atoms with Crippen LogP contribution in [0.2, 0.25) is 0 Å². The van der Waals surface area contributed by atoms with Gasteiger partial charge in [0.2, 0.25) is 5.78 Å². The van der Waals surface area contributed by atoms with Crippen LogP contribution in [0.5, 0.6) is 0 Å². The van der Waals surface area contributed by atoms with E-state index in [0.717, 1.165) is 10.9 Å². The zero-order chi connectivity index (χ0) is 16.4. The van der Waals surface area contributed by atoms with Gasteiger partial charge in [-0.2, -0.15) is 0 Å². The van der Waals surface area contributed by atoms with Crippen molar-refractivity contribution < 1.29 is 4.79 Å². The molecular formula is C20H13N3O. The Morgan fingerprint density at radius 2 is 1.46 bits per heavy atom. The molecule has 4 rings (SSSR count). The molecule has 0 aliphatic carbocycles. The normalized spacial score (nSPS) is 10.7. The Hall–Kier alpha value is -3.40. The Kier molecular flexibility index (Phi) is 3.56. The van der Waals surface area contributed by atoms with Crippen molar-refractivity contribution in [3.05, 3.63) is 90.3 Å². The van der Waals surface area contributed by atoms with Gasteiger partial charge < -0.3 is 0 Å². The lowest BCUT2D eigenvalue weighted by Crippen LogP contribution is -2.04. The minimum Gasteiger partial charge on any atom is -0.287 e. The van der Waals surface area contributed by atoms with Crippen molar-refractivity contribution in [2.24, 2.45) is 0 Å². The van der Waals surface area contributed by atoms with Crippen molar-refractivity contribution >= 4 is 16.8 Å². The van der Waals surface area contributed by atoms with Gasteiger partial charge in [0.1, 0.15) is 5.69 Å². The third kappa shape index (κ3) is 2.65.